The van der Waals surface area contributed by atoms with Gasteiger partial charge in [0.15, 0.2) is 0 Å². The second kappa shape index (κ2) is 7.21. The number of nitrogens with one attached hydrogen (secondary N) is 1. The summed E-state index contributed by atoms with van der Waals surface area (Å²) in [6, 6.07) is 2.26. The summed E-state index contributed by atoms with van der Waals surface area (Å²) < 4.78 is 1.90. The van der Waals surface area contributed by atoms with Crippen molar-refractivity contribution in [3.63, 3.8) is 0 Å². The maximum atomic E-state index is 12.6. The number of aryl methyl sites for hydroxylation is 2. The summed E-state index contributed by atoms with van der Waals surface area (Å²) in [4.78, 5) is 17.9. The Kier molecular flexibility index (Phi) is 5.03. The molecule has 0 radical (unpaired) electrons. The number of thiophene rings is 1. The number of amides is 2. The number of urea groups is 1. The van der Waals surface area contributed by atoms with Gasteiger partial charge in [0.05, 0.1) is 6.04 Å². The van der Waals surface area contributed by atoms with E-state index in [1.165, 1.54) is 10.4 Å². The van der Waals surface area contributed by atoms with Gasteiger partial charge < -0.3 is 19.7 Å². The van der Waals surface area contributed by atoms with E-state index < -0.39 is 0 Å². The highest BCUT2D eigenvalue weighted by Gasteiger charge is 2.25. The molecule has 7 nitrogen and oxygen atoms in total. The van der Waals surface area contributed by atoms with E-state index in [2.05, 4.69) is 45.7 Å². The average Bonchev–Trinajstić information content (AvgIpc) is 3.21. The van der Waals surface area contributed by atoms with Crippen molar-refractivity contribution in [2.24, 2.45) is 7.05 Å². The Morgan fingerprint density at radius 2 is 2.12 bits per heavy atom. The van der Waals surface area contributed by atoms with Crippen LogP contribution in [0.4, 0.5) is 10.7 Å². The van der Waals surface area contributed by atoms with Crippen molar-refractivity contribution in [3.05, 3.63) is 28.2 Å². The number of aromatic nitrogens is 3. The number of piperazine rings is 1. The third kappa shape index (κ3) is 3.53. The molecule has 0 aliphatic carbocycles. The van der Waals surface area contributed by atoms with Crippen molar-refractivity contribution >= 4 is 23.3 Å². The highest BCUT2D eigenvalue weighted by Crippen LogP contribution is 2.23. The Hall–Kier alpha value is -2.09. The third-order valence-electron chi connectivity index (χ3n) is 4.40. The summed E-state index contributed by atoms with van der Waals surface area (Å²) >= 11 is 1.72. The molecule has 0 aromatic carbocycles. The van der Waals surface area contributed by atoms with Crippen LogP contribution in [0.1, 0.15) is 29.8 Å². The van der Waals surface area contributed by atoms with Crippen LogP contribution >= 0.6 is 11.3 Å². The fourth-order valence-electron chi connectivity index (χ4n) is 2.98. The number of anilines is 1. The SMILES string of the molecule is CC[C@H](NC(=O)N1CCN(c2nncn2C)CC1)c1csc(C)c1. The summed E-state index contributed by atoms with van der Waals surface area (Å²) in [6.07, 6.45) is 2.59. The second-order valence-electron chi connectivity index (χ2n) is 6.12. The van der Waals surface area contributed by atoms with Crippen LogP contribution in [0.3, 0.4) is 0 Å². The molecule has 1 atom stereocenters. The normalized spacial score (nSPS) is 16.3. The first-order chi connectivity index (χ1) is 11.6. The molecule has 8 heteroatoms. The van der Waals surface area contributed by atoms with Crippen LogP contribution in [-0.4, -0.2) is 51.9 Å². The van der Waals surface area contributed by atoms with Gasteiger partial charge in [-0.25, -0.2) is 4.79 Å². The zero-order valence-electron chi connectivity index (χ0n) is 14.4. The maximum absolute atomic E-state index is 12.6. The maximum Gasteiger partial charge on any atom is 0.318 e. The number of carbonyl (C=O) groups is 1. The van der Waals surface area contributed by atoms with Crippen LogP contribution in [0.2, 0.25) is 0 Å². The molecule has 1 saturated heterocycles. The lowest BCUT2D eigenvalue weighted by atomic mass is 10.1. The molecular formula is C16H24N6OS. The molecule has 1 fully saturated rings. The van der Waals surface area contributed by atoms with E-state index in [1.54, 1.807) is 17.7 Å². The first-order valence-electron chi connectivity index (χ1n) is 8.28. The van der Waals surface area contributed by atoms with E-state index in [0.29, 0.717) is 13.1 Å². The molecule has 0 unspecified atom stereocenters. The van der Waals surface area contributed by atoms with Gasteiger partial charge in [0, 0.05) is 38.1 Å². The molecule has 3 heterocycles. The van der Waals surface area contributed by atoms with E-state index in [9.17, 15) is 4.79 Å². The first kappa shape index (κ1) is 16.8. The largest absolute Gasteiger partial charge is 0.337 e. The van der Waals surface area contributed by atoms with Crippen LogP contribution in [-0.2, 0) is 7.05 Å². The lowest BCUT2D eigenvalue weighted by molar-refractivity contribution is 0.189. The molecule has 130 valence electrons. The fourth-order valence-corrected chi connectivity index (χ4v) is 3.74. The van der Waals surface area contributed by atoms with Crippen molar-refractivity contribution in [1.29, 1.82) is 0 Å². The molecule has 1 aliphatic heterocycles. The molecule has 0 bridgehead atoms. The second-order valence-corrected chi connectivity index (χ2v) is 7.23. The fraction of sp³-hybridized carbons (Fsp3) is 0.562. The molecule has 2 aromatic heterocycles. The van der Waals surface area contributed by atoms with Gasteiger partial charge in [0.2, 0.25) is 5.95 Å². The van der Waals surface area contributed by atoms with Gasteiger partial charge >= 0.3 is 6.03 Å². The van der Waals surface area contributed by atoms with E-state index in [0.717, 1.165) is 25.5 Å². The molecule has 0 spiro atoms. The van der Waals surface area contributed by atoms with Crippen molar-refractivity contribution in [1.82, 2.24) is 25.0 Å². The first-order valence-corrected chi connectivity index (χ1v) is 9.16. The average molecular weight is 348 g/mol. The topological polar surface area (TPSA) is 66.3 Å². The van der Waals surface area contributed by atoms with E-state index in [1.807, 2.05) is 16.5 Å². The van der Waals surface area contributed by atoms with Gasteiger partial charge in [-0.2, -0.15) is 0 Å². The number of hydrogen-bond donors (Lipinski definition) is 1. The zero-order valence-corrected chi connectivity index (χ0v) is 15.2. The van der Waals surface area contributed by atoms with E-state index in [4.69, 9.17) is 0 Å². The van der Waals surface area contributed by atoms with Gasteiger partial charge in [0.1, 0.15) is 6.33 Å². The van der Waals surface area contributed by atoms with Crippen molar-refractivity contribution in [3.8, 4) is 0 Å². The van der Waals surface area contributed by atoms with Crippen molar-refractivity contribution < 1.29 is 4.79 Å². The van der Waals surface area contributed by atoms with Gasteiger partial charge in [-0.15, -0.1) is 21.5 Å². The van der Waals surface area contributed by atoms with Crippen LogP contribution < -0.4 is 10.2 Å². The van der Waals surface area contributed by atoms with Crippen molar-refractivity contribution in [2.45, 2.75) is 26.3 Å². The summed E-state index contributed by atoms with van der Waals surface area (Å²) in [5.74, 6) is 0.857. The van der Waals surface area contributed by atoms with Crippen LogP contribution in [0.25, 0.3) is 0 Å². The minimum atomic E-state index is 0.0170. The minimum absolute atomic E-state index is 0.0170. The minimum Gasteiger partial charge on any atom is -0.337 e. The van der Waals surface area contributed by atoms with Crippen LogP contribution in [0.5, 0.6) is 0 Å². The Morgan fingerprint density at radius 1 is 1.38 bits per heavy atom. The molecule has 24 heavy (non-hydrogen) atoms. The molecular weight excluding hydrogens is 324 g/mol. The van der Waals surface area contributed by atoms with Gasteiger partial charge in [-0.05, 0) is 30.4 Å². The quantitative estimate of drug-likeness (QED) is 0.920. The Labute approximate surface area is 146 Å². The van der Waals surface area contributed by atoms with Crippen LogP contribution in [0.15, 0.2) is 17.8 Å². The third-order valence-corrected chi connectivity index (χ3v) is 5.28. The molecule has 3 rings (SSSR count). The van der Waals surface area contributed by atoms with E-state index in [-0.39, 0.29) is 12.1 Å². The molecule has 1 aliphatic rings. The highest BCUT2D eigenvalue weighted by molar-refractivity contribution is 7.10. The summed E-state index contributed by atoms with van der Waals surface area (Å²) in [5.41, 5.74) is 1.20. The summed E-state index contributed by atoms with van der Waals surface area (Å²) in [5, 5.41) is 13.4. The summed E-state index contributed by atoms with van der Waals surface area (Å²) in [7, 11) is 1.93. The molecule has 2 aromatic rings. The molecule has 2 amide bonds. The number of carbonyl (C=O) groups excluding carboxylic acids is 1. The van der Waals surface area contributed by atoms with Gasteiger partial charge in [0.25, 0.3) is 0 Å². The highest BCUT2D eigenvalue weighted by atomic mass is 32.1. The lowest BCUT2D eigenvalue weighted by Crippen LogP contribution is -2.52. The predicted molar refractivity (Wildman–Crippen MR) is 95.4 cm³/mol. The van der Waals surface area contributed by atoms with E-state index >= 15 is 0 Å². The van der Waals surface area contributed by atoms with Crippen molar-refractivity contribution in [2.75, 3.05) is 31.1 Å². The number of rotatable bonds is 4. The molecule has 0 saturated carbocycles. The standard InChI is InChI=1S/C16H24N6OS/c1-4-14(13-9-12(2)24-10-13)18-16(23)22-7-5-21(6-8-22)15-19-17-11-20(15)3/h9-11,14H,4-8H2,1-3H3,(H,18,23)/t14-/m0/s1. The Bertz CT molecular complexity index is 688. The number of hydrogen-bond acceptors (Lipinski definition) is 5. The van der Waals surface area contributed by atoms with Gasteiger partial charge in [-0.1, -0.05) is 6.92 Å². The zero-order chi connectivity index (χ0) is 17.1. The number of nitrogens with zero attached hydrogens (tertiary/aromatic N) is 5. The summed E-state index contributed by atoms with van der Waals surface area (Å²) in [6.45, 7) is 7.12. The Balaban J connectivity index is 1.56. The smallest absolute Gasteiger partial charge is 0.318 e. The predicted octanol–water partition coefficient (Wildman–Crippen LogP) is 2.17. The van der Waals surface area contributed by atoms with Gasteiger partial charge in [-0.3, -0.25) is 0 Å². The van der Waals surface area contributed by atoms with Crippen LogP contribution in [0, 0.1) is 6.92 Å². The monoisotopic (exact) mass is 348 g/mol. The molecule has 1 N–H and O–H groups in total. The Morgan fingerprint density at radius 3 is 2.67 bits per heavy atom. The lowest BCUT2D eigenvalue weighted by Gasteiger charge is -2.35.